The second kappa shape index (κ2) is 12.0. The number of nitrogens with zero attached hydrogens (tertiary/aromatic N) is 1. The molecule has 0 aliphatic rings. The van der Waals surface area contributed by atoms with Crippen LogP contribution in [0.25, 0.3) is 0 Å². The Morgan fingerprint density at radius 2 is 1.69 bits per heavy atom. The van der Waals surface area contributed by atoms with Gasteiger partial charge in [-0.05, 0) is 54.4 Å². The highest BCUT2D eigenvalue weighted by atomic mass is 32.2. The summed E-state index contributed by atoms with van der Waals surface area (Å²) < 4.78 is 43.6. The van der Waals surface area contributed by atoms with E-state index in [0.29, 0.717) is 17.9 Å². The van der Waals surface area contributed by atoms with Gasteiger partial charge in [-0.2, -0.15) is 0 Å². The number of methoxy groups -OCH3 is 2. The number of non-ortho nitro benzene ring substituents is 1. The van der Waals surface area contributed by atoms with Gasteiger partial charge in [0.15, 0.2) is 18.1 Å². The van der Waals surface area contributed by atoms with E-state index in [2.05, 4.69) is 10.0 Å². The van der Waals surface area contributed by atoms with Crippen molar-refractivity contribution >= 4 is 27.3 Å². The first kappa shape index (κ1) is 26.4. The molecule has 3 aromatic carbocycles. The predicted molar refractivity (Wildman–Crippen MR) is 132 cm³/mol. The summed E-state index contributed by atoms with van der Waals surface area (Å²) in [5.41, 5.74) is 0.990. The molecular weight excluding hydrogens is 490 g/mol. The highest BCUT2D eigenvalue weighted by molar-refractivity contribution is 7.89. The molecule has 0 saturated heterocycles. The Kier molecular flexibility index (Phi) is 8.81. The van der Waals surface area contributed by atoms with E-state index in [1.54, 1.807) is 12.1 Å². The first-order chi connectivity index (χ1) is 17.2. The Balaban J connectivity index is 1.50. The summed E-state index contributed by atoms with van der Waals surface area (Å²) in [5, 5.41) is 13.3. The summed E-state index contributed by atoms with van der Waals surface area (Å²) >= 11 is 0. The Hall–Kier alpha value is -4.16. The Labute approximate surface area is 208 Å². The minimum atomic E-state index is -3.75. The number of benzene rings is 3. The molecule has 0 aliphatic heterocycles. The van der Waals surface area contributed by atoms with Gasteiger partial charge >= 0.3 is 0 Å². The van der Waals surface area contributed by atoms with E-state index in [-0.39, 0.29) is 35.2 Å². The molecule has 0 heterocycles. The van der Waals surface area contributed by atoms with Crippen molar-refractivity contribution in [3.05, 3.63) is 82.4 Å². The number of nitro benzene ring substituents is 1. The number of anilines is 1. The largest absolute Gasteiger partial charge is 0.493 e. The van der Waals surface area contributed by atoms with Crippen LogP contribution in [0.2, 0.25) is 0 Å². The van der Waals surface area contributed by atoms with Gasteiger partial charge in [0, 0.05) is 24.4 Å². The van der Waals surface area contributed by atoms with Gasteiger partial charge in [-0.15, -0.1) is 0 Å². The standard InChI is InChI=1S/C24H25N3O8S/c1-33-22-11-6-17(14-23(22)34-2)12-13-25-36(31,32)21-9-7-20(8-10-21)35-16-24(28)26-18-4-3-5-19(15-18)27(29)30/h3-11,14-15,25H,12-13,16H2,1-2H3,(H,26,28). The quantitative estimate of drug-likeness (QED) is 0.276. The molecule has 0 spiro atoms. The second-order valence-electron chi connectivity index (χ2n) is 7.45. The number of hydrogen-bond acceptors (Lipinski definition) is 8. The summed E-state index contributed by atoms with van der Waals surface area (Å²) in [5.74, 6) is 0.912. The van der Waals surface area contributed by atoms with E-state index in [4.69, 9.17) is 14.2 Å². The topological polar surface area (TPSA) is 146 Å². The first-order valence-corrected chi connectivity index (χ1v) is 12.2. The molecule has 0 saturated carbocycles. The van der Waals surface area contributed by atoms with Crippen molar-refractivity contribution in [2.45, 2.75) is 11.3 Å². The molecule has 0 fully saturated rings. The molecule has 3 rings (SSSR count). The summed E-state index contributed by atoms with van der Waals surface area (Å²) in [7, 11) is -0.687. The molecule has 2 N–H and O–H groups in total. The average Bonchev–Trinajstić information content (AvgIpc) is 2.87. The van der Waals surface area contributed by atoms with Crippen molar-refractivity contribution in [1.82, 2.24) is 4.72 Å². The van der Waals surface area contributed by atoms with Crippen molar-refractivity contribution in [1.29, 1.82) is 0 Å². The number of carbonyl (C=O) groups is 1. The lowest BCUT2D eigenvalue weighted by molar-refractivity contribution is -0.384. The lowest BCUT2D eigenvalue weighted by Gasteiger charge is -2.11. The summed E-state index contributed by atoms with van der Waals surface area (Å²) in [6, 6.07) is 16.5. The number of carbonyl (C=O) groups excluding carboxylic acids is 1. The number of rotatable bonds is 12. The normalized spacial score (nSPS) is 10.9. The average molecular weight is 516 g/mol. The van der Waals surface area contributed by atoms with Crippen molar-refractivity contribution in [2.75, 3.05) is 32.7 Å². The van der Waals surface area contributed by atoms with E-state index in [0.717, 1.165) is 5.56 Å². The maximum Gasteiger partial charge on any atom is 0.271 e. The minimum absolute atomic E-state index is 0.0446. The molecule has 11 nitrogen and oxygen atoms in total. The van der Waals surface area contributed by atoms with Crippen LogP contribution < -0.4 is 24.2 Å². The van der Waals surface area contributed by atoms with Gasteiger partial charge in [-0.25, -0.2) is 13.1 Å². The van der Waals surface area contributed by atoms with Crippen molar-refractivity contribution < 1.29 is 32.3 Å². The zero-order chi connectivity index (χ0) is 26.1. The van der Waals surface area contributed by atoms with Crippen LogP contribution in [-0.4, -0.2) is 46.6 Å². The van der Waals surface area contributed by atoms with Crippen LogP contribution in [0.3, 0.4) is 0 Å². The highest BCUT2D eigenvalue weighted by Crippen LogP contribution is 2.27. The van der Waals surface area contributed by atoms with Crippen molar-refractivity contribution in [2.24, 2.45) is 0 Å². The van der Waals surface area contributed by atoms with Crippen LogP contribution in [-0.2, 0) is 21.2 Å². The fourth-order valence-electron chi connectivity index (χ4n) is 3.21. The molecule has 3 aromatic rings. The van der Waals surface area contributed by atoms with Crippen LogP contribution in [0.5, 0.6) is 17.2 Å². The molecule has 0 aliphatic carbocycles. The van der Waals surface area contributed by atoms with E-state index in [1.807, 2.05) is 6.07 Å². The van der Waals surface area contributed by atoms with Crippen LogP contribution in [0.1, 0.15) is 5.56 Å². The lowest BCUT2D eigenvalue weighted by Crippen LogP contribution is -2.26. The molecule has 0 atom stereocenters. The molecule has 0 bridgehead atoms. The summed E-state index contributed by atoms with van der Waals surface area (Å²) in [6.07, 6.45) is 0.445. The zero-order valence-corrected chi connectivity index (χ0v) is 20.4. The molecular formula is C24H25N3O8S. The Bertz CT molecular complexity index is 1330. The van der Waals surface area contributed by atoms with Gasteiger partial charge in [-0.1, -0.05) is 12.1 Å². The van der Waals surface area contributed by atoms with Crippen LogP contribution >= 0.6 is 0 Å². The number of sulfonamides is 1. The third-order valence-electron chi connectivity index (χ3n) is 5.00. The second-order valence-corrected chi connectivity index (χ2v) is 9.22. The molecule has 0 radical (unpaired) electrons. The van der Waals surface area contributed by atoms with Gasteiger partial charge < -0.3 is 19.5 Å². The summed E-state index contributed by atoms with van der Waals surface area (Å²) in [4.78, 5) is 22.4. The molecule has 12 heteroatoms. The van der Waals surface area contributed by atoms with Crippen molar-refractivity contribution in [3.63, 3.8) is 0 Å². The first-order valence-electron chi connectivity index (χ1n) is 10.7. The van der Waals surface area contributed by atoms with Crippen LogP contribution in [0, 0.1) is 10.1 Å². The van der Waals surface area contributed by atoms with Crippen LogP contribution in [0.4, 0.5) is 11.4 Å². The molecule has 0 aromatic heterocycles. The van der Waals surface area contributed by atoms with Crippen molar-refractivity contribution in [3.8, 4) is 17.2 Å². The zero-order valence-electron chi connectivity index (χ0n) is 19.6. The van der Waals surface area contributed by atoms with E-state index < -0.39 is 20.9 Å². The van der Waals surface area contributed by atoms with E-state index in [1.165, 1.54) is 62.8 Å². The van der Waals surface area contributed by atoms with Crippen LogP contribution in [0.15, 0.2) is 71.6 Å². The maximum atomic E-state index is 12.6. The molecule has 36 heavy (non-hydrogen) atoms. The van der Waals surface area contributed by atoms with E-state index in [9.17, 15) is 23.3 Å². The van der Waals surface area contributed by atoms with Gasteiger partial charge in [0.2, 0.25) is 10.0 Å². The molecule has 0 unspecified atom stereocenters. The Morgan fingerprint density at radius 1 is 0.972 bits per heavy atom. The minimum Gasteiger partial charge on any atom is -0.493 e. The number of nitro groups is 1. The van der Waals surface area contributed by atoms with Gasteiger partial charge in [0.1, 0.15) is 5.75 Å². The number of hydrogen-bond donors (Lipinski definition) is 2. The highest BCUT2D eigenvalue weighted by Gasteiger charge is 2.14. The third-order valence-corrected chi connectivity index (χ3v) is 6.48. The number of amides is 1. The third kappa shape index (κ3) is 7.17. The summed E-state index contributed by atoms with van der Waals surface area (Å²) in [6.45, 7) is -0.188. The van der Waals surface area contributed by atoms with Gasteiger partial charge in [0.05, 0.1) is 24.0 Å². The Morgan fingerprint density at radius 3 is 2.36 bits per heavy atom. The fourth-order valence-corrected chi connectivity index (χ4v) is 4.24. The smallest absolute Gasteiger partial charge is 0.271 e. The van der Waals surface area contributed by atoms with Gasteiger partial charge in [-0.3, -0.25) is 14.9 Å². The number of nitrogens with one attached hydrogen (secondary N) is 2. The fraction of sp³-hybridized carbons (Fsp3) is 0.208. The van der Waals surface area contributed by atoms with Gasteiger partial charge in [0.25, 0.3) is 11.6 Å². The maximum absolute atomic E-state index is 12.6. The number of ether oxygens (including phenoxy) is 3. The molecule has 1 amide bonds. The van der Waals surface area contributed by atoms with E-state index >= 15 is 0 Å². The lowest BCUT2D eigenvalue weighted by atomic mass is 10.1. The SMILES string of the molecule is COc1ccc(CCNS(=O)(=O)c2ccc(OCC(=O)Nc3cccc([N+](=O)[O-])c3)cc2)cc1OC. The predicted octanol–water partition coefficient (Wildman–Crippen LogP) is 3.15. The molecule has 190 valence electrons. The monoisotopic (exact) mass is 515 g/mol.